The Morgan fingerprint density at radius 1 is 1.38 bits per heavy atom. The Morgan fingerprint density at radius 3 is 2.46 bits per heavy atom. The standard InChI is InChI=1S/C7H9N3O2S/c1-13-7-3-4(8)6(10(11)12)2-5(7)9/h2-3H,8-9H2,1H3. The third kappa shape index (κ3) is 1.83. The number of nitrogens with zero attached hydrogens (tertiary/aromatic N) is 1. The first-order chi connectivity index (χ1) is 6.06. The Morgan fingerprint density at radius 2 is 2.00 bits per heavy atom. The van der Waals surface area contributed by atoms with Crippen molar-refractivity contribution in [1.29, 1.82) is 0 Å². The summed E-state index contributed by atoms with van der Waals surface area (Å²) in [6.45, 7) is 0. The molecule has 0 aliphatic rings. The molecule has 0 saturated heterocycles. The summed E-state index contributed by atoms with van der Waals surface area (Å²) in [5.74, 6) is 0. The predicted octanol–water partition coefficient (Wildman–Crippen LogP) is 1.48. The van der Waals surface area contributed by atoms with Crippen LogP contribution in [0.5, 0.6) is 0 Å². The minimum absolute atomic E-state index is 0.142. The van der Waals surface area contributed by atoms with E-state index in [0.29, 0.717) is 5.69 Å². The summed E-state index contributed by atoms with van der Waals surface area (Å²) >= 11 is 1.40. The molecule has 5 nitrogen and oxygen atoms in total. The van der Waals surface area contributed by atoms with Crippen molar-refractivity contribution in [3.63, 3.8) is 0 Å². The zero-order chi connectivity index (χ0) is 10.0. The molecule has 1 rings (SSSR count). The Labute approximate surface area is 79.3 Å². The fourth-order valence-electron chi connectivity index (χ4n) is 0.935. The van der Waals surface area contributed by atoms with Crippen LogP contribution in [0.4, 0.5) is 17.1 Å². The first-order valence-corrected chi connectivity index (χ1v) is 4.66. The lowest BCUT2D eigenvalue weighted by atomic mass is 10.2. The molecule has 0 aliphatic heterocycles. The number of hydrogen-bond donors (Lipinski definition) is 2. The molecule has 0 saturated carbocycles. The van der Waals surface area contributed by atoms with E-state index in [2.05, 4.69) is 0 Å². The summed E-state index contributed by atoms with van der Waals surface area (Å²) in [7, 11) is 0. The molecule has 0 fully saturated rings. The van der Waals surface area contributed by atoms with Crippen LogP contribution in [0.25, 0.3) is 0 Å². The monoisotopic (exact) mass is 199 g/mol. The molecule has 0 amide bonds. The number of nitro groups is 1. The number of hydrogen-bond acceptors (Lipinski definition) is 5. The highest BCUT2D eigenvalue weighted by atomic mass is 32.2. The number of rotatable bonds is 2. The summed E-state index contributed by atoms with van der Waals surface area (Å²) in [4.78, 5) is 10.6. The number of nitrogen functional groups attached to an aromatic ring is 2. The third-order valence-corrected chi connectivity index (χ3v) is 2.37. The van der Waals surface area contributed by atoms with Gasteiger partial charge in [0.05, 0.1) is 10.6 Å². The number of thioether (sulfide) groups is 1. The van der Waals surface area contributed by atoms with Gasteiger partial charge >= 0.3 is 0 Å². The lowest BCUT2D eigenvalue weighted by Gasteiger charge is -2.03. The van der Waals surface area contributed by atoms with Gasteiger partial charge in [0.1, 0.15) is 5.69 Å². The van der Waals surface area contributed by atoms with E-state index in [9.17, 15) is 10.1 Å². The molecular weight excluding hydrogens is 190 g/mol. The van der Waals surface area contributed by atoms with Crippen LogP contribution >= 0.6 is 11.8 Å². The average Bonchev–Trinajstić information content (AvgIpc) is 2.07. The van der Waals surface area contributed by atoms with Crippen LogP contribution in [0.15, 0.2) is 17.0 Å². The normalized spacial score (nSPS) is 9.92. The molecule has 1 aromatic rings. The van der Waals surface area contributed by atoms with Crippen molar-refractivity contribution in [2.24, 2.45) is 0 Å². The lowest BCUT2D eigenvalue weighted by molar-refractivity contribution is -0.383. The molecule has 1 aromatic carbocycles. The zero-order valence-electron chi connectivity index (χ0n) is 6.98. The minimum atomic E-state index is -0.546. The van der Waals surface area contributed by atoms with Gasteiger partial charge in [0, 0.05) is 11.0 Å². The number of nitro benzene ring substituents is 1. The molecule has 0 heterocycles. The van der Waals surface area contributed by atoms with E-state index in [0.717, 1.165) is 4.90 Å². The van der Waals surface area contributed by atoms with Crippen LogP contribution in [-0.4, -0.2) is 11.2 Å². The second-order valence-corrected chi connectivity index (χ2v) is 3.26. The summed E-state index contributed by atoms with van der Waals surface area (Å²) in [5.41, 5.74) is 11.4. The molecule has 6 heteroatoms. The Bertz CT molecular complexity index is 354. The molecule has 13 heavy (non-hydrogen) atoms. The Balaban J connectivity index is 3.28. The van der Waals surface area contributed by atoms with Crippen LogP contribution in [0, 0.1) is 10.1 Å². The maximum atomic E-state index is 10.4. The van der Waals surface area contributed by atoms with E-state index in [1.165, 1.54) is 23.9 Å². The van der Waals surface area contributed by atoms with Crippen LogP contribution < -0.4 is 11.5 Å². The van der Waals surface area contributed by atoms with Crippen molar-refractivity contribution in [2.45, 2.75) is 4.90 Å². The second kappa shape index (κ2) is 3.53. The van der Waals surface area contributed by atoms with Gasteiger partial charge in [-0.1, -0.05) is 0 Å². The molecule has 0 spiro atoms. The van der Waals surface area contributed by atoms with Gasteiger partial charge < -0.3 is 11.5 Å². The maximum Gasteiger partial charge on any atom is 0.294 e. The van der Waals surface area contributed by atoms with Crippen LogP contribution in [0.3, 0.4) is 0 Å². The first kappa shape index (κ1) is 9.66. The summed E-state index contributed by atoms with van der Waals surface area (Å²) < 4.78 is 0. The van der Waals surface area contributed by atoms with Gasteiger partial charge in [0.2, 0.25) is 0 Å². The highest BCUT2D eigenvalue weighted by Gasteiger charge is 2.13. The smallest absolute Gasteiger partial charge is 0.294 e. The SMILES string of the molecule is CSc1cc(N)c([N+](=O)[O-])cc1N. The van der Waals surface area contributed by atoms with Gasteiger partial charge in [-0.15, -0.1) is 11.8 Å². The molecule has 0 aromatic heterocycles. The predicted molar refractivity (Wildman–Crippen MR) is 53.7 cm³/mol. The molecule has 0 unspecified atom stereocenters. The second-order valence-electron chi connectivity index (χ2n) is 2.41. The van der Waals surface area contributed by atoms with Crippen LogP contribution in [-0.2, 0) is 0 Å². The number of anilines is 2. The molecule has 0 aliphatic carbocycles. The van der Waals surface area contributed by atoms with Crippen molar-refractivity contribution in [2.75, 3.05) is 17.7 Å². The van der Waals surface area contributed by atoms with Crippen molar-refractivity contribution in [1.82, 2.24) is 0 Å². The average molecular weight is 199 g/mol. The molecule has 70 valence electrons. The molecule has 0 radical (unpaired) electrons. The van der Waals surface area contributed by atoms with Gasteiger partial charge in [0.25, 0.3) is 5.69 Å². The minimum Gasteiger partial charge on any atom is -0.398 e. The van der Waals surface area contributed by atoms with E-state index in [-0.39, 0.29) is 11.4 Å². The Hall–Kier alpha value is -1.43. The van der Waals surface area contributed by atoms with Crippen LogP contribution in [0.2, 0.25) is 0 Å². The van der Waals surface area contributed by atoms with Crippen molar-refractivity contribution in [3.05, 3.63) is 22.2 Å². The quantitative estimate of drug-likeness (QED) is 0.325. The highest BCUT2D eigenvalue weighted by molar-refractivity contribution is 7.98. The Kier molecular flexibility index (Phi) is 2.62. The van der Waals surface area contributed by atoms with Gasteiger partial charge in [-0.2, -0.15) is 0 Å². The zero-order valence-corrected chi connectivity index (χ0v) is 7.80. The van der Waals surface area contributed by atoms with Crippen molar-refractivity contribution < 1.29 is 4.92 Å². The molecule has 0 atom stereocenters. The summed E-state index contributed by atoms with van der Waals surface area (Å²) in [5, 5.41) is 10.4. The number of benzene rings is 1. The van der Waals surface area contributed by atoms with Gasteiger partial charge in [0.15, 0.2) is 0 Å². The van der Waals surface area contributed by atoms with Gasteiger partial charge in [-0.25, -0.2) is 0 Å². The fourth-order valence-corrected chi connectivity index (χ4v) is 1.47. The molecule has 4 N–H and O–H groups in total. The van der Waals surface area contributed by atoms with E-state index >= 15 is 0 Å². The summed E-state index contributed by atoms with van der Waals surface area (Å²) in [6, 6.07) is 2.79. The maximum absolute atomic E-state index is 10.4. The molecule has 0 bridgehead atoms. The van der Waals surface area contributed by atoms with E-state index in [4.69, 9.17) is 11.5 Å². The van der Waals surface area contributed by atoms with E-state index in [1.807, 2.05) is 6.26 Å². The van der Waals surface area contributed by atoms with Gasteiger partial charge in [-0.3, -0.25) is 10.1 Å². The van der Waals surface area contributed by atoms with Crippen molar-refractivity contribution >= 4 is 28.8 Å². The topological polar surface area (TPSA) is 95.2 Å². The summed E-state index contributed by atoms with van der Waals surface area (Å²) in [6.07, 6.45) is 1.83. The van der Waals surface area contributed by atoms with E-state index in [1.54, 1.807) is 0 Å². The molecular formula is C7H9N3O2S. The third-order valence-electron chi connectivity index (χ3n) is 1.58. The van der Waals surface area contributed by atoms with Gasteiger partial charge in [-0.05, 0) is 12.3 Å². The first-order valence-electron chi connectivity index (χ1n) is 3.43. The highest BCUT2D eigenvalue weighted by Crippen LogP contribution is 2.32. The number of nitrogens with two attached hydrogens (primary N) is 2. The fraction of sp³-hybridized carbons (Fsp3) is 0.143. The largest absolute Gasteiger partial charge is 0.398 e. The van der Waals surface area contributed by atoms with E-state index < -0.39 is 4.92 Å². The van der Waals surface area contributed by atoms with Crippen LogP contribution in [0.1, 0.15) is 0 Å². The van der Waals surface area contributed by atoms with Crippen molar-refractivity contribution in [3.8, 4) is 0 Å². The lowest BCUT2D eigenvalue weighted by Crippen LogP contribution is -1.98.